The highest BCUT2D eigenvalue weighted by Gasteiger charge is 2.29. The minimum absolute atomic E-state index is 0.624. The van der Waals surface area contributed by atoms with Gasteiger partial charge in [0.2, 0.25) is 0 Å². The van der Waals surface area contributed by atoms with E-state index in [1.54, 1.807) is 10.9 Å². The monoisotopic (exact) mass is 320 g/mol. The maximum atomic E-state index is 4.89. The summed E-state index contributed by atoms with van der Waals surface area (Å²) in [6.07, 6.45) is 11.3. The summed E-state index contributed by atoms with van der Waals surface area (Å²) in [4.78, 5) is 0. The molecule has 3 aromatic heterocycles. The van der Waals surface area contributed by atoms with Crippen LogP contribution in [0.15, 0.2) is 36.7 Å². The molecule has 0 aromatic carbocycles. The van der Waals surface area contributed by atoms with Crippen LogP contribution in [0.5, 0.6) is 0 Å². The summed E-state index contributed by atoms with van der Waals surface area (Å²) in [5, 5.41) is 17.8. The van der Waals surface area contributed by atoms with E-state index >= 15 is 0 Å². The van der Waals surface area contributed by atoms with Gasteiger partial charge in [0, 0.05) is 29.9 Å². The maximum Gasteiger partial charge on any atom is 0.176 e. The molecule has 0 aliphatic heterocycles. The van der Waals surface area contributed by atoms with Gasteiger partial charge in [-0.1, -0.05) is 12.8 Å². The first kappa shape index (κ1) is 13.9. The number of hydrogen-bond donors (Lipinski definition) is 0. The van der Waals surface area contributed by atoms with Crippen LogP contribution < -0.4 is 0 Å². The van der Waals surface area contributed by atoms with Gasteiger partial charge in [0.25, 0.3) is 0 Å². The first-order chi connectivity index (χ1) is 11.9. The lowest BCUT2D eigenvalue weighted by Crippen LogP contribution is -2.15. The summed E-state index contributed by atoms with van der Waals surface area (Å²) in [7, 11) is 0. The van der Waals surface area contributed by atoms with Crippen molar-refractivity contribution in [1.82, 2.24) is 29.8 Å². The Morgan fingerprint density at radius 3 is 2.25 bits per heavy atom. The lowest BCUT2D eigenvalue weighted by molar-refractivity contribution is 0.401. The molecule has 3 aromatic rings. The molecule has 0 spiro atoms. The minimum atomic E-state index is 0.624. The Bertz CT molecular complexity index is 825. The molecule has 2 saturated carbocycles. The molecule has 2 aliphatic carbocycles. The Balaban J connectivity index is 1.51. The molecule has 3 heterocycles. The molecule has 6 nitrogen and oxygen atoms in total. The molecule has 2 fully saturated rings. The average molecular weight is 320 g/mol. The quantitative estimate of drug-likeness (QED) is 0.739. The van der Waals surface area contributed by atoms with E-state index in [0.29, 0.717) is 11.8 Å². The van der Waals surface area contributed by atoms with Crippen molar-refractivity contribution in [3.63, 3.8) is 0 Å². The fourth-order valence-electron chi connectivity index (χ4n) is 3.45. The molecular formula is C18H20N6. The van der Waals surface area contributed by atoms with E-state index in [2.05, 4.69) is 21.4 Å². The van der Waals surface area contributed by atoms with Gasteiger partial charge in [-0.25, -0.2) is 9.36 Å². The molecule has 122 valence electrons. The minimum Gasteiger partial charge on any atom is -0.221 e. The van der Waals surface area contributed by atoms with E-state index in [0.717, 1.165) is 11.6 Å². The highest BCUT2D eigenvalue weighted by atomic mass is 15.4. The molecule has 0 unspecified atom stereocenters. The van der Waals surface area contributed by atoms with Crippen molar-refractivity contribution in [2.24, 2.45) is 0 Å². The van der Waals surface area contributed by atoms with Crippen LogP contribution in [0, 0.1) is 0 Å². The molecule has 24 heavy (non-hydrogen) atoms. The molecule has 5 rings (SSSR count). The zero-order chi connectivity index (χ0) is 15.9. The number of aromatic nitrogens is 6. The fraction of sp³-hybridized carbons (Fsp3) is 0.444. The van der Waals surface area contributed by atoms with Crippen LogP contribution in [0.2, 0.25) is 0 Å². The normalized spacial score (nSPS) is 18.3. The predicted octanol–water partition coefficient (Wildman–Crippen LogP) is 3.38. The van der Waals surface area contributed by atoms with Crippen molar-refractivity contribution in [3.05, 3.63) is 48.0 Å². The van der Waals surface area contributed by atoms with Gasteiger partial charge in [-0.05, 0) is 49.9 Å². The van der Waals surface area contributed by atoms with Crippen LogP contribution in [-0.4, -0.2) is 29.8 Å². The summed E-state index contributed by atoms with van der Waals surface area (Å²) in [5.41, 5.74) is 2.55. The second-order valence-electron chi connectivity index (χ2n) is 6.86. The lowest BCUT2D eigenvalue weighted by atomic mass is 9.80. The van der Waals surface area contributed by atoms with Crippen molar-refractivity contribution in [3.8, 4) is 11.6 Å². The summed E-state index contributed by atoms with van der Waals surface area (Å²) in [5.74, 6) is 2.79. The topological polar surface area (TPSA) is 61.4 Å². The highest BCUT2D eigenvalue weighted by Crippen LogP contribution is 2.41. The summed E-state index contributed by atoms with van der Waals surface area (Å²) in [6, 6.07) is 8.13. The molecule has 0 amide bonds. The average Bonchev–Trinajstić information content (AvgIpc) is 3.14. The Kier molecular flexibility index (Phi) is 3.21. The molecule has 2 aliphatic rings. The molecule has 6 heteroatoms. The van der Waals surface area contributed by atoms with Crippen LogP contribution in [0.1, 0.15) is 61.7 Å². The van der Waals surface area contributed by atoms with Gasteiger partial charge in [0.1, 0.15) is 0 Å². The maximum absolute atomic E-state index is 4.89. The standard InChI is InChI=1S/C18H20N6/c1-4-13(5-1)15-12-16(14-6-2-7-14)24(22-15)18-9-8-17(20-21-18)23-11-3-10-19-23/h3,8-14H,1-2,4-7H2. The smallest absolute Gasteiger partial charge is 0.176 e. The lowest BCUT2D eigenvalue weighted by Gasteiger charge is -2.25. The Morgan fingerprint density at radius 1 is 0.917 bits per heavy atom. The fourth-order valence-corrected chi connectivity index (χ4v) is 3.45. The first-order valence-electron chi connectivity index (χ1n) is 8.82. The van der Waals surface area contributed by atoms with Gasteiger partial charge in [-0.3, -0.25) is 0 Å². The van der Waals surface area contributed by atoms with Gasteiger partial charge >= 0.3 is 0 Å². The van der Waals surface area contributed by atoms with E-state index in [-0.39, 0.29) is 0 Å². The van der Waals surface area contributed by atoms with E-state index in [9.17, 15) is 0 Å². The molecule has 0 bridgehead atoms. The van der Waals surface area contributed by atoms with Crippen molar-refractivity contribution >= 4 is 0 Å². The van der Waals surface area contributed by atoms with Gasteiger partial charge in [0.15, 0.2) is 11.6 Å². The van der Waals surface area contributed by atoms with Crippen molar-refractivity contribution in [1.29, 1.82) is 0 Å². The second-order valence-corrected chi connectivity index (χ2v) is 6.86. The Hall–Kier alpha value is -2.50. The third kappa shape index (κ3) is 2.25. The van der Waals surface area contributed by atoms with Gasteiger partial charge in [-0.15, -0.1) is 10.2 Å². The van der Waals surface area contributed by atoms with Crippen LogP contribution in [0.25, 0.3) is 11.6 Å². The van der Waals surface area contributed by atoms with Gasteiger partial charge in [0.05, 0.1) is 5.69 Å². The van der Waals surface area contributed by atoms with E-state index in [1.165, 1.54) is 49.9 Å². The third-order valence-corrected chi connectivity index (χ3v) is 5.40. The van der Waals surface area contributed by atoms with E-state index in [4.69, 9.17) is 5.10 Å². The van der Waals surface area contributed by atoms with E-state index < -0.39 is 0 Å². The Labute approximate surface area is 140 Å². The summed E-state index contributed by atoms with van der Waals surface area (Å²) < 4.78 is 3.74. The Morgan fingerprint density at radius 2 is 1.67 bits per heavy atom. The first-order valence-corrected chi connectivity index (χ1v) is 8.82. The number of nitrogens with zero attached hydrogens (tertiary/aromatic N) is 6. The van der Waals surface area contributed by atoms with Crippen LogP contribution in [-0.2, 0) is 0 Å². The van der Waals surface area contributed by atoms with Gasteiger partial charge < -0.3 is 0 Å². The summed E-state index contributed by atoms with van der Waals surface area (Å²) in [6.45, 7) is 0. The van der Waals surface area contributed by atoms with Crippen LogP contribution in [0.3, 0.4) is 0 Å². The highest BCUT2D eigenvalue weighted by molar-refractivity contribution is 5.32. The van der Waals surface area contributed by atoms with Crippen molar-refractivity contribution in [2.75, 3.05) is 0 Å². The SMILES string of the molecule is c1cnn(-c2ccc(-n3nc(C4CCC4)cc3C3CCC3)nn2)c1. The number of hydrogen-bond acceptors (Lipinski definition) is 4. The second kappa shape index (κ2) is 5.54. The predicted molar refractivity (Wildman–Crippen MR) is 89.5 cm³/mol. The third-order valence-electron chi connectivity index (χ3n) is 5.40. The molecule has 0 radical (unpaired) electrons. The van der Waals surface area contributed by atoms with E-state index in [1.807, 2.05) is 29.1 Å². The molecule has 0 N–H and O–H groups in total. The van der Waals surface area contributed by atoms with Crippen LogP contribution in [0.4, 0.5) is 0 Å². The van der Waals surface area contributed by atoms with Crippen molar-refractivity contribution in [2.45, 2.75) is 50.4 Å². The van der Waals surface area contributed by atoms with Crippen molar-refractivity contribution < 1.29 is 0 Å². The molecule has 0 atom stereocenters. The molecule has 0 saturated heterocycles. The van der Waals surface area contributed by atoms with Crippen LogP contribution >= 0.6 is 0 Å². The number of rotatable bonds is 4. The molecular weight excluding hydrogens is 300 g/mol. The largest absolute Gasteiger partial charge is 0.221 e. The summed E-state index contributed by atoms with van der Waals surface area (Å²) >= 11 is 0. The zero-order valence-electron chi connectivity index (χ0n) is 13.5. The zero-order valence-corrected chi connectivity index (χ0v) is 13.5. The van der Waals surface area contributed by atoms with Gasteiger partial charge in [-0.2, -0.15) is 10.2 Å².